The summed E-state index contributed by atoms with van der Waals surface area (Å²) in [5.74, 6) is -0.334. The molecule has 2 N–H and O–H groups in total. The number of methoxy groups -OCH3 is 1. The molecule has 110 valence electrons. The highest BCUT2D eigenvalue weighted by molar-refractivity contribution is 5.97. The van der Waals surface area contributed by atoms with Crippen molar-refractivity contribution >= 4 is 11.6 Å². The quantitative estimate of drug-likeness (QED) is 0.605. The number of hydrogen-bond acceptors (Lipinski definition) is 5. The number of aliphatic hydroxyl groups is 1. The highest BCUT2D eigenvalue weighted by Gasteiger charge is 2.20. The lowest BCUT2D eigenvalue weighted by Gasteiger charge is -2.19. The van der Waals surface area contributed by atoms with Gasteiger partial charge in [-0.1, -0.05) is 6.92 Å². The van der Waals surface area contributed by atoms with Crippen molar-refractivity contribution in [1.82, 2.24) is 5.32 Å². The molecule has 1 aromatic carbocycles. The van der Waals surface area contributed by atoms with Crippen molar-refractivity contribution in [3.05, 3.63) is 33.9 Å². The summed E-state index contributed by atoms with van der Waals surface area (Å²) in [6, 6.07) is 3.56. The highest BCUT2D eigenvalue weighted by Crippen LogP contribution is 2.24. The second kappa shape index (κ2) is 6.85. The van der Waals surface area contributed by atoms with Crippen molar-refractivity contribution in [1.29, 1.82) is 0 Å². The SMILES string of the molecule is COc1ccc([N+](=O)[O-])cc1C(=O)NC(C)C(C)CO. The molecule has 0 saturated carbocycles. The van der Waals surface area contributed by atoms with Crippen LogP contribution in [0.1, 0.15) is 24.2 Å². The maximum atomic E-state index is 12.1. The number of hydrogen-bond donors (Lipinski definition) is 2. The van der Waals surface area contributed by atoms with Crippen molar-refractivity contribution in [2.45, 2.75) is 19.9 Å². The van der Waals surface area contributed by atoms with Crippen LogP contribution in [0.25, 0.3) is 0 Å². The first-order valence-electron chi connectivity index (χ1n) is 6.14. The zero-order chi connectivity index (χ0) is 15.3. The Morgan fingerprint density at radius 1 is 1.50 bits per heavy atom. The van der Waals surface area contributed by atoms with Crippen LogP contribution in [-0.4, -0.2) is 35.7 Å². The summed E-state index contributed by atoms with van der Waals surface area (Å²) in [4.78, 5) is 22.3. The molecule has 1 amide bonds. The van der Waals surface area contributed by atoms with Crippen LogP contribution in [-0.2, 0) is 0 Å². The number of aliphatic hydroxyl groups excluding tert-OH is 1. The monoisotopic (exact) mass is 282 g/mol. The minimum absolute atomic E-state index is 0.0620. The number of amides is 1. The number of carbonyl (C=O) groups excluding carboxylic acids is 1. The molecule has 0 saturated heterocycles. The Hall–Kier alpha value is -2.15. The zero-order valence-electron chi connectivity index (χ0n) is 11.6. The molecule has 0 spiro atoms. The molecule has 0 aromatic heterocycles. The Morgan fingerprint density at radius 3 is 2.65 bits per heavy atom. The van der Waals surface area contributed by atoms with Gasteiger partial charge in [-0.05, 0) is 18.9 Å². The van der Waals surface area contributed by atoms with E-state index >= 15 is 0 Å². The van der Waals surface area contributed by atoms with Gasteiger partial charge in [0, 0.05) is 24.8 Å². The third-order valence-corrected chi connectivity index (χ3v) is 3.14. The molecule has 1 rings (SSSR count). The van der Waals surface area contributed by atoms with Gasteiger partial charge in [0.25, 0.3) is 11.6 Å². The summed E-state index contributed by atoms with van der Waals surface area (Å²) in [5.41, 5.74) is -0.0856. The van der Waals surface area contributed by atoms with Gasteiger partial charge in [-0.15, -0.1) is 0 Å². The van der Waals surface area contributed by atoms with Crippen LogP contribution in [0, 0.1) is 16.0 Å². The van der Waals surface area contributed by atoms with E-state index in [2.05, 4.69) is 5.32 Å². The average molecular weight is 282 g/mol. The van der Waals surface area contributed by atoms with Gasteiger partial charge >= 0.3 is 0 Å². The van der Waals surface area contributed by atoms with Crippen molar-refractivity contribution in [2.24, 2.45) is 5.92 Å². The minimum Gasteiger partial charge on any atom is -0.496 e. The predicted molar refractivity (Wildman–Crippen MR) is 72.8 cm³/mol. The van der Waals surface area contributed by atoms with Crippen LogP contribution >= 0.6 is 0 Å². The van der Waals surface area contributed by atoms with Crippen LogP contribution in [0.3, 0.4) is 0 Å². The number of nitro groups is 1. The lowest BCUT2D eigenvalue weighted by molar-refractivity contribution is -0.384. The third kappa shape index (κ3) is 3.67. The van der Waals surface area contributed by atoms with E-state index in [4.69, 9.17) is 9.84 Å². The summed E-state index contributed by atoms with van der Waals surface area (Å²) in [6.45, 7) is 3.48. The van der Waals surface area contributed by atoms with Gasteiger partial charge < -0.3 is 15.2 Å². The van der Waals surface area contributed by atoms with E-state index in [0.29, 0.717) is 0 Å². The van der Waals surface area contributed by atoms with E-state index in [1.807, 2.05) is 0 Å². The highest BCUT2D eigenvalue weighted by atomic mass is 16.6. The van der Waals surface area contributed by atoms with Crippen LogP contribution < -0.4 is 10.1 Å². The first-order chi connectivity index (χ1) is 9.40. The zero-order valence-corrected chi connectivity index (χ0v) is 11.6. The summed E-state index contributed by atoms with van der Waals surface area (Å²) in [7, 11) is 1.39. The van der Waals surface area contributed by atoms with E-state index < -0.39 is 10.8 Å². The lowest BCUT2D eigenvalue weighted by atomic mass is 10.0. The number of nitrogens with one attached hydrogen (secondary N) is 1. The molecule has 1 aromatic rings. The van der Waals surface area contributed by atoms with Crippen molar-refractivity contribution in [3.63, 3.8) is 0 Å². The molecule has 0 heterocycles. The lowest BCUT2D eigenvalue weighted by Crippen LogP contribution is -2.38. The van der Waals surface area contributed by atoms with Crippen molar-refractivity contribution < 1.29 is 19.6 Å². The Morgan fingerprint density at radius 2 is 2.15 bits per heavy atom. The number of nitro benzene ring substituents is 1. The van der Waals surface area contributed by atoms with Crippen molar-refractivity contribution in [2.75, 3.05) is 13.7 Å². The van der Waals surface area contributed by atoms with Crippen molar-refractivity contribution in [3.8, 4) is 5.75 Å². The molecule has 0 fully saturated rings. The molecule has 0 aliphatic carbocycles. The van der Waals surface area contributed by atoms with Gasteiger partial charge in [0.2, 0.25) is 0 Å². The molecule has 0 bridgehead atoms. The van der Waals surface area contributed by atoms with Crippen LogP contribution in [0.4, 0.5) is 5.69 Å². The normalized spacial score (nSPS) is 13.4. The molecule has 20 heavy (non-hydrogen) atoms. The van der Waals surface area contributed by atoms with E-state index in [1.54, 1.807) is 13.8 Å². The molecular weight excluding hydrogens is 264 g/mol. The molecule has 7 nitrogen and oxygen atoms in total. The molecule has 2 atom stereocenters. The molecule has 7 heteroatoms. The van der Waals surface area contributed by atoms with Gasteiger partial charge in [0.05, 0.1) is 17.6 Å². The maximum Gasteiger partial charge on any atom is 0.270 e. The number of carbonyl (C=O) groups is 1. The number of rotatable bonds is 6. The Balaban J connectivity index is 3.01. The second-order valence-corrected chi connectivity index (χ2v) is 4.56. The van der Waals surface area contributed by atoms with Gasteiger partial charge in [0.1, 0.15) is 5.75 Å². The maximum absolute atomic E-state index is 12.1. The van der Waals surface area contributed by atoms with Gasteiger partial charge in [-0.25, -0.2) is 0 Å². The smallest absolute Gasteiger partial charge is 0.270 e. The largest absolute Gasteiger partial charge is 0.496 e. The number of benzene rings is 1. The molecule has 2 unspecified atom stereocenters. The third-order valence-electron chi connectivity index (χ3n) is 3.14. The number of non-ortho nitro benzene ring substituents is 1. The van der Waals surface area contributed by atoms with Crippen LogP contribution in [0.2, 0.25) is 0 Å². The number of ether oxygens (including phenoxy) is 1. The first-order valence-corrected chi connectivity index (χ1v) is 6.14. The summed E-state index contributed by atoms with van der Waals surface area (Å²) in [5, 5.41) is 22.5. The van der Waals surface area contributed by atoms with Gasteiger partial charge in [0.15, 0.2) is 0 Å². The fraction of sp³-hybridized carbons (Fsp3) is 0.462. The van der Waals surface area contributed by atoms with E-state index in [9.17, 15) is 14.9 Å². The van der Waals surface area contributed by atoms with Gasteiger partial charge in [-0.2, -0.15) is 0 Å². The average Bonchev–Trinajstić information content (AvgIpc) is 2.45. The topological polar surface area (TPSA) is 102 Å². The summed E-state index contributed by atoms with van der Waals surface area (Å²) < 4.78 is 5.04. The molecule has 0 aliphatic heterocycles. The molecule has 0 aliphatic rings. The second-order valence-electron chi connectivity index (χ2n) is 4.56. The Labute approximate surface area is 116 Å². The van der Waals surface area contributed by atoms with E-state index in [1.165, 1.54) is 25.3 Å². The standard InChI is InChI=1S/C13H18N2O5/c1-8(7-16)9(2)14-13(17)11-6-10(15(18)19)4-5-12(11)20-3/h4-6,8-9,16H,7H2,1-3H3,(H,14,17). The van der Waals surface area contributed by atoms with Crippen LogP contribution in [0.5, 0.6) is 5.75 Å². The molecular formula is C13H18N2O5. The van der Waals surface area contributed by atoms with E-state index in [0.717, 1.165) is 0 Å². The number of nitrogens with zero attached hydrogens (tertiary/aromatic N) is 1. The summed E-state index contributed by atoms with van der Waals surface area (Å²) in [6.07, 6.45) is 0. The first kappa shape index (κ1) is 15.9. The molecule has 0 radical (unpaired) electrons. The Bertz CT molecular complexity index is 504. The van der Waals surface area contributed by atoms with Gasteiger partial charge in [-0.3, -0.25) is 14.9 Å². The minimum atomic E-state index is -0.573. The fourth-order valence-corrected chi connectivity index (χ4v) is 1.57. The van der Waals surface area contributed by atoms with Crippen LogP contribution in [0.15, 0.2) is 18.2 Å². The fourth-order valence-electron chi connectivity index (χ4n) is 1.57. The summed E-state index contributed by atoms with van der Waals surface area (Å²) >= 11 is 0. The Kier molecular flexibility index (Phi) is 5.45. The predicted octanol–water partition coefficient (Wildman–Crippen LogP) is 1.35. The van der Waals surface area contributed by atoms with E-state index in [-0.39, 0.29) is 35.6 Å².